The van der Waals surface area contributed by atoms with E-state index in [-0.39, 0.29) is 17.7 Å². The quantitative estimate of drug-likeness (QED) is 0.884. The second kappa shape index (κ2) is 8.39. The summed E-state index contributed by atoms with van der Waals surface area (Å²) in [6.45, 7) is 4.04. The number of hydrogen-bond donors (Lipinski definition) is 1. The van der Waals surface area contributed by atoms with Gasteiger partial charge in [-0.05, 0) is 19.3 Å². The third-order valence-electron chi connectivity index (χ3n) is 4.66. The SMILES string of the molecule is CNc1cncc(CC2COCCN(C(=O)C3CCOCC3)C2)n1. The molecular formula is C17H26N4O3. The third kappa shape index (κ3) is 4.42. The Balaban J connectivity index is 1.62. The van der Waals surface area contributed by atoms with Crippen molar-refractivity contribution in [3.63, 3.8) is 0 Å². The molecule has 2 aliphatic heterocycles. The van der Waals surface area contributed by atoms with Crippen molar-refractivity contribution >= 4 is 11.7 Å². The van der Waals surface area contributed by atoms with Crippen LogP contribution in [0.5, 0.6) is 0 Å². The van der Waals surface area contributed by atoms with E-state index in [0.29, 0.717) is 33.0 Å². The van der Waals surface area contributed by atoms with Crippen molar-refractivity contribution in [2.75, 3.05) is 51.9 Å². The highest BCUT2D eigenvalue weighted by molar-refractivity contribution is 5.79. The number of hydrogen-bond acceptors (Lipinski definition) is 6. The second-order valence-electron chi connectivity index (χ2n) is 6.46. The molecule has 2 fully saturated rings. The molecule has 1 N–H and O–H groups in total. The van der Waals surface area contributed by atoms with Crippen molar-refractivity contribution in [1.82, 2.24) is 14.9 Å². The van der Waals surface area contributed by atoms with Gasteiger partial charge in [0.15, 0.2) is 0 Å². The summed E-state index contributed by atoms with van der Waals surface area (Å²) in [4.78, 5) is 23.5. The van der Waals surface area contributed by atoms with Gasteiger partial charge in [0, 0.05) is 51.4 Å². The largest absolute Gasteiger partial charge is 0.381 e. The summed E-state index contributed by atoms with van der Waals surface area (Å²) in [5, 5.41) is 3.01. The number of nitrogens with one attached hydrogen (secondary N) is 1. The fourth-order valence-electron chi connectivity index (χ4n) is 3.33. The molecule has 1 unspecified atom stereocenters. The van der Waals surface area contributed by atoms with Gasteiger partial charge < -0.3 is 19.7 Å². The third-order valence-corrected chi connectivity index (χ3v) is 4.66. The maximum Gasteiger partial charge on any atom is 0.225 e. The summed E-state index contributed by atoms with van der Waals surface area (Å²) in [6.07, 6.45) is 5.91. The van der Waals surface area contributed by atoms with E-state index in [1.165, 1.54) is 0 Å². The van der Waals surface area contributed by atoms with E-state index in [2.05, 4.69) is 15.3 Å². The van der Waals surface area contributed by atoms with Crippen LogP contribution in [0.1, 0.15) is 18.5 Å². The fourth-order valence-corrected chi connectivity index (χ4v) is 3.33. The molecule has 0 radical (unpaired) electrons. The molecule has 7 nitrogen and oxygen atoms in total. The highest BCUT2D eigenvalue weighted by Gasteiger charge is 2.29. The Morgan fingerprint density at radius 2 is 2.12 bits per heavy atom. The van der Waals surface area contributed by atoms with Crippen molar-refractivity contribution in [3.05, 3.63) is 18.1 Å². The molecule has 0 aromatic carbocycles. The first-order chi connectivity index (χ1) is 11.8. The van der Waals surface area contributed by atoms with Crippen LogP contribution >= 0.6 is 0 Å². The van der Waals surface area contributed by atoms with Gasteiger partial charge in [0.1, 0.15) is 5.82 Å². The molecule has 1 atom stereocenters. The Labute approximate surface area is 142 Å². The lowest BCUT2D eigenvalue weighted by Crippen LogP contribution is -2.41. The molecule has 2 aliphatic rings. The van der Waals surface area contributed by atoms with Crippen LogP contribution in [0.3, 0.4) is 0 Å². The number of amides is 1. The molecule has 0 spiro atoms. The number of carbonyl (C=O) groups is 1. The van der Waals surface area contributed by atoms with Crippen LogP contribution in [0, 0.1) is 11.8 Å². The van der Waals surface area contributed by atoms with E-state index >= 15 is 0 Å². The van der Waals surface area contributed by atoms with E-state index in [4.69, 9.17) is 9.47 Å². The molecule has 0 aliphatic carbocycles. The summed E-state index contributed by atoms with van der Waals surface area (Å²) in [6, 6.07) is 0. The van der Waals surface area contributed by atoms with Crippen LogP contribution in [0.4, 0.5) is 5.82 Å². The van der Waals surface area contributed by atoms with Gasteiger partial charge in [-0.3, -0.25) is 9.78 Å². The Kier molecular flexibility index (Phi) is 5.98. The number of rotatable bonds is 4. The minimum atomic E-state index is 0.102. The van der Waals surface area contributed by atoms with Crippen LogP contribution in [-0.2, 0) is 20.7 Å². The summed E-state index contributed by atoms with van der Waals surface area (Å²) < 4.78 is 11.1. The minimum Gasteiger partial charge on any atom is -0.381 e. The Morgan fingerprint density at radius 3 is 2.92 bits per heavy atom. The van der Waals surface area contributed by atoms with Crippen LogP contribution in [-0.4, -0.2) is 67.3 Å². The van der Waals surface area contributed by atoms with Gasteiger partial charge in [0.2, 0.25) is 5.91 Å². The molecule has 1 amide bonds. The van der Waals surface area contributed by atoms with Gasteiger partial charge in [0.05, 0.1) is 25.1 Å². The smallest absolute Gasteiger partial charge is 0.225 e. The molecule has 1 aromatic rings. The lowest BCUT2D eigenvalue weighted by atomic mass is 9.97. The lowest BCUT2D eigenvalue weighted by molar-refractivity contribution is -0.138. The van der Waals surface area contributed by atoms with Gasteiger partial charge in [-0.1, -0.05) is 0 Å². The van der Waals surface area contributed by atoms with Gasteiger partial charge in [-0.2, -0.15) is 0 Å². The Hall–Kier alpha value is -1.73. The van der Waals surface area contributed by atoms with Crippen molar-refractivity contribution in [3.8, 4) is 0 Å². The monoisotopic (exact) mass is 334 g/mol. The zero-order valence-electron chi connectivity index (χ0n) is 14.2. The zero-order chi connectivity index (χ0) is 16.8. The van der Waals surface area contributed by atoms with Crippen LogP contribution in [0.15, 0.2) is 12.4 Å². The van der Waals surface area contributed by atoms with E-state index in [9.17, 15) is 4.79 Å². The number of anilines is 1. The van der Waals surface area contributed by atoms with Crippen molar-refractivity contribution < 1.29 is 14.3 Å². The highest BCUT2D eigenvalue weighted by atomic mass is 16.5. The molecule has 1 aromatic heterocycles. The van der Waals surface area contributed by atoms with Crippen LogP contribution in [0.2, 0.25) is 0 Å². The molecule has 0 bridgehead atoms. The van der Waals surface area contributed by atoms with E-state index < -0.39 is 0 Å². The first-order valence-electron chi connectivity index (χ1n) is 8.69. The molecular weight excluding hydrogens is 308 g/mol. The number of carbonyl (C=O) groups excluding carboxylic acids is 1. The van der Waals surface area contributed by atoms with Crippen molar-refractivity contribution in [1.29, 1.82) is 0 Å². The van der Waals surface area contributed by atoms with Gasteiger partial charge in [-0.25, -0.2) is 4.98 Å². The first-order valence-corrected chi connectivity index (χ1v) is 8.69. The molecule has 3 heterocycles. The predicted molar refractivity (Wildman–Crippen MR) is 89.7 cm³/mol. The maximum absolute atomic E-state index is 12.8. The fraction of sp³-hybridized carbons (Fsp3) is 0.706. The molecule has 24 heavy (non-hydrogen) atoms. The number of nitrogens with zero attached hydrogens (tertiary/aromatic N) is 3. The first kappa shape index (κ1) is 17.1. The summed E-state index contributed by atoms with van der Waals surface area (Å²) in [5.74, 6) is 1.36. The van der Waals surface area contributed by atoms with Gasteiger partial charge >= 0.3 is 0 Å². The Bertz CT molecular complexity index is 548. The molecule has 7 heteroatoms. The topological polar surface area (TPSA) is 76.6 Å². The van der Waals surface area contributed by atoms with E-state index in [1.807, 2.05) is 11.9 Å². The predicted octanol–water partition coefficient (Wildman–Crippen LogP) is 0.962. The van der Waals surface area contributed by atoms with Gasteiger partial charge in [0.25, 0.3) is 0 Å². The normalized spacial score (nSPS) is 22.9. The molecule has 2 saturated heterocycles. The summed E-state index contributed by atoms with van der Waals surface area (Å²) in [5.41, 5.74) is 0.927. The van der Waals surface area contributed by atoms with Crippen molar-refractivity contribution in [2.45, 2.75) is 19.3 Å². The second-order valence-corrected chi connectivity index (χ2v) is 6.46. The number of aromatic nitrogens is 2. The average Bonchev–Trinajstić information content (AvgIpc) is 2.87. The highest BCUT2D eigenvalue weighted by Crippen LogP contribution is 2.20. The van der Waals surface area contributed by atoms with Crippen molar-refractivity contribution in [2.24, 2.45) is 11.8 Å². The molecule has 3 rings (SSSR count). The maximum atomic E-state index is 12.8. The van der Waals surface area contributed by atoms with E-state index in [1.54, 1.807) is 12.4 Å². The van der Waals surface area contributed by atoms with Crippen LogP contribution < -0.4 is 5.32 Å². The minimum absolute atomic E-state index is 0.102. The Morgan fingerprint density at radius 1 is 1.29 bits per heavy atom. The van der Waals surface area contributed by atoms with Crippen LogP contribution in [0.25, 0.3) is 0 Å². The lowest BCUT2D eigenvalue weighted by Gasteiger charge is -2.29. The average molecular weight is 334 g/mol. The standard InChI is InChI=1S/C17H26N4O3/c1-18-16-10-19-9-15(20-16)8-13-11-21(4-7-24-12-13)17(22)14-2-5-23-6-3-14/h9-10,13-14H,2-8,11-12H2,1H3,(H,18,20). The summed E-state index contributed by atoms with van der Waals surface area (Å²) >= 11 is 0. The zero-order valence-corrected chi connectivity index (χ0v) is 14.2. The number of ether oxygens (including phenoxy) is 2. The molecule has 132 valence electrons. The van der Waals surface area contributed by atoms with E-state index in [0.717, 1.165) is 37.3 Å². The molecule has 0 saturated carbocycles. The summed E-state index contributed by atoms with van der Waals surface area (Å²) in [7, 11) is 1.83. The van der Waals surface area contributed by atoms with Gasteiger partial charge in [-0.15, -0.1) is 0 Å².